The summed E-state index contributed by atoms with van der Waals surface area (Å²) in [6.07, 6.45) is 1.08. The number of rotatable bonds is 5. The van der Waals surface area contributed by atoms with Crippen molar-refractivity contribution in [2.45, 2.75) is 30.1 Å². The molecule has 28 heavy (non-hydrogen) atoms. The second-order valence-electron chi connectivity index (χ2n) is 7.92. The molecule has 0 aliphatic carbocycles. The molecule has 0 saturated carbocycles. The first-order valence-electron chi connectivity index (χ1n) is 10.1. The van der Waals surface area contributed by atoms with Crippen LogP contribution in [0.25, 0.3) is 0 Å². The van der Waals surface area contributed by atoms with Gasteiger partial charge in [-0.05, 0) is 23.1 Å². The largest absolute Gasteiger partial charge is 0.395 e. The Labute approximate surface area is 166 Å². The molecule has 0 unspecified atom stereocenters. The molecule has 3 heteroatoms. The number of aliphatic hydroxyl groups excluding tert-OH is 1. The van der Waals surface area contributed by atoms with Crippen LogP contribution in [0.15, 0.2) is 91.0 Å². The van der Waals surface area contributed by atoms with Gasteiger partial charge in [0.25, 0.3) is 0 Å². The summed E-state index contributed by atoms with van der Waals surface area (Å²) in [5, 5.41) is 13.6. The van der Waals surface area contributed by atoms with E-state index < -0.39 is 0 Å². The lowest BCUT2D eigenvalue weighted by molar-refractivity contribution is 0.0741. The van der Waals surface area contributed by atoms with E-state index in [4.69, 9.17) is 0 Å². The summed E-state index contributed by atoms with van der Waals surface area (Å²) in [5.41, 5.74) is 3.45. The van der Waals surface area contributed by atoms with Gasteiger partial charge in [0.2, 0.25) is 0 Å². The minimum atomic E-state index is -0.376. The summed E-state index contributed by atoms with van der Waals surface area (Å²) >= 11 is 0. The van der Waals surface area contributed by atoms with Crippen molar-refractivity contribution in [2.24, 2.45) is 0 Å². The molecular weight excluding hydrogens is 344 g/mol. The molecule has 2 saturated heterocycles. The van der Waals surface area contributed by atoms with Gasteiger partial charge >= 0.3 is 0 Å². The van der Waals surface area contributed by atoms with Crippen LogP contribution in [0.3, 0.4) is 0 Å². The monoisotopic (exact) mass is 370 g/mol. The van der Waals surface area contributed by atoms with Gasteiger partial charge in [-0.15, -0.1) is 0 Å². The molecule has 2 bridgehead atoms. The maximum atomic E-state index is 9.99. The van der Waals surface area contributed by atoms with Gasteiger partial charge in [-0.25, -0.2) is 0 Å². The highest BCUT2D eigenvalue weighted by atomic mass is 16.3. The third-order valence-corrected chi connectivity index (χ3v) is 6.46. The van der Waals surface area contributed by atoms with Crippen molar-refractivity contribution in [3.8, 4) is 0 Å². The van der Waals surface area contributed by atoms with Crippen LogP contribution in [-0.4, -0.2) is 41.3 Å². The van der Waals surface area contributed by atoms with Gasteiger partial charge in [0.1, 0.15) is 0 Å². The lowest BCUT2D eigenvalue weighted by Crippen LogP contribution is -2.60. The molecule has 2 fully saturated rings. The first-order valence-corrected chi connectivity index (χ1v) is 10.1. The van der Waals surface area contributed by atoms with E-state index in [1.165, 1.54) is 16.7 Å². The van der Waals surface area contributed by atoms with E-state index in [-0.39, 0.29) is 18.2 Å². The van der Waals surface area contributed by atoms with Crippen molar-refractivity contribution in [3.63, 3.8) is 0 Å². The quantitative estimate of drug-likeness (QED) is 0.676. The smallest absolute Gasteiger partial charge is 0.0976 e. The molecule has 0 amide bonds. The molecule has 3 aromatic rings. The molecule has 3 nitrogen and oxygen atoms in total. The normalized spacial score (nSPS) is 24.5. The van der Waals surface area contributed by atoms with Crippen molar-refractivity contribution < 1.29 is 5.11 Å². The van der Waals surface area contributed by atoms with Crippen LogP contribution in [0.1, 0.15) is 23.1 Å². The maximum absolute atomic E-state index is 9.99. The van der Waals surface area contributed by atoms with E-state index in [2.05, 4.69) is 101 Å². The molecule has 0 aromatic heterocycles. The number of hydrogen-bond acceptors (Lipinski definition) is 3. The van der Waals surface area contributed by atoms with Crippen LogP contribution in [0.2, 0.25) is 0 Å². The summed E-state index contributed by atoms with van der Waals surface area (Å²) in [5.74, 6) is 0. The predicted octanol–water partition coefficient (Wildman–Crippen LogP) is 3.39. The Hall–Kier alpha value is -2.46. The zero-order valence-corrected chi connectivity index (χ0v) is 15.9. The molecule has 3 aromatic carbocycles. The summed E-state index contributed by atoms with van der Waals surface area (Å²) in [6.45, 7) is 1.14. The Morgan fingerprint density at radius 1 is 0.786 bits per heavy atom. The number of aliphatic hydroxyl groups is 1. The molecule has 3 atom stereocenters. The van der Waals surface area contributed by atoms with Crippen LogP contribution in [0.5, 0.6) is 0 Å². The van der Waals surface area contributed by atoms with E-state index in [0.717, 1.165) is 13.0 Å². The third kappa shape index (κ3) is 2.62. The lowest BCUT2D eigenvalue weighted by Gasteiger charge is -2.49. The minimum absolute atomic E-state index is 0.120. The molecular formula is C25H26N2O. The van der Waals surface area contributed by atoms with Gasteiger partial charge < -0.3 is 10.4 Å². The molecule has 2 aliphatic heterocycles. The predicted molar refractivity (Wildman–Crippen MR) is 112 cm³/mol. The van der Waals surface area contributed by atoms with E-state index in [1.54, 1.807) is 0 Å². The standard InChI is InChI=1S/C25H26N2O/c28-18-23-24-16-22(26-23)17-27(24)25(19-10-4-1-5-11-19,20-12-6-2-7-13-20)21-14-8-3-9-15-21/h1-15,22-24,26,28H,16-18H2/t22-,23+,24-/m0/s1. The van der Waals surface area contributed by atoms with E-state index in [0.29, 0.717) is 12.1 Å². The fraction of sp³-hybridized carbons (Fsp3) is 0.280. The number of likely N-dealkylation sites (tertiary alicyclic amines) is 1. The molecule has 2 aliphatic rings. The van der Waals surface area contributed by atoms with E-state index >= 15 is 0 Å². The van der Waals surface area contributed by atoms with Gasteiger partial charge in [-0.2, -0.15) is 0 Å². The van der Waals surface area contributed by atoms with E-state index in [9.17, 15) is 5.11 Å². The van der Waals surface area contributed by atoms with Crippen molar-refractivity contribution in [2.75, 3.05) is 13.2 Å². The molecule has 142 valence electrons. The van der Waals surface area contributed by atoms with Gasteiger partial charge in [0, 0.05) is 24.7 Å². The molecule has 0 spiro atoms. The van der Waals surface area contributed by atoms with Gasteiger partial charge in [-0.1, -0.05) is 91.0 Å². The minimum Gasteiger partial charge on any atom is -0.395 e. The summed E-state index contributed by atoms with van der Waals surface area (Å²) in [6, 6.07) is 33.3. The van der Waals surface area contributed by atoms with Crippen LogP contribution >= 0.6 is 0 Å². The average molecular weight is 370 g/mol. The first-order chi connectivity index (χ1) is 13.8. The molecule has 2 heterocycles. The Bertz CT molecular complexity index is 816. The maximum Gasteiger partial charge on any atom is 0.0976 e. The van der Waals surface area contributed by atoms with Gasteiger partial charge in [-0.3, -0.25) is 4.90 Å². The van der Waals surface area contributed by atoms with Crippen molar-refractivity contribution >= 4 is 0 Å². The SMILES string of the molecule is OC[C@H]1N[C@H]2C[C@@H]1N(C(c1ccccc1)(c1ccccc1)c1ccccc1)C2. The summed E-state index contributed by atoms with van der Waals surface area (Å²) in [7, 11) is 0. The van der Waals surface area contributed by atoms with Gasteiger partial charge in [0.15, 0.2) is 0 Å². The topological polar surface area (TPSA) is 35.5 Å². The number of nitrogens with one attached hydrogen (secondary N) is 1. The van der Waals surface area contributed by atoms with Crippen LogP contribution < -0.4 is 5.32 Å². The van der Waals surface area contributed by atoms with Crippen molar-refractivity contribution in [3.05, 3.63) is 108 Å². The molecule has 2 N–H and O–H groups in total. The fourth-order valence-electron chi connectivity index (χ4n) is 5.38. The second-order valence-corrected chi connectivity index (χ2v) is 7.92. The lowest BCUT2D eigenvalue weighted by atomic mass is 9.74. The van der Waals surface area contributed by atoms with Crippen LogP contribution in [-0.2, 0) is 5.54 Å². The van der Waals surface area contributed by atoms with Crippen LogP contribution in [0, 0.1) is 0 Å². The van der Waals surface area contributed by atoms with E-state index in [1.807, 2.05) is 0 Å². The highest BCUT2D eigenvalue weighted by molar-refractivity contribution is 5.50. The van der Waals surface area contributed by atoms with Crippen molar-refractivity contribution in [1.29, 1.82) is 0 Å². The fourth-order valence-corrected chi connectivity index (χ4v) is 5.38. The number of nitrogens with zero attached hydrogens (tertiary/aromatic N) is 1. The van der Waals surface area contributed by atoms with Gasteiger partial charge in [0.05, 0.1) is 12.1 Å². The first kappa shape index (κ1) is 17.6. The number of benzene rings is 3. The molecule has 5 rings (SSSR count). The molecule has 0 radical (unpaired) electrons. The summed E-state index contributed by atoms with van der Waals surface area (Å²) < 4.78 is 0. The highest BCUT2D eigenvalue weighted by Crippen LogP contribution is 2.47. The Kier molecular flexibility index (Phi) is 4.52. The Balaban J connectivity index is 1.79. The van der Waals surface area contributed by atoms with Crippen LogP contribution in [0.4, 0.5) is 0 Å². The zero-order chi connectivity index (χ0) is 19.0. The summed E-state index contributed by atoms with van der Waals surface area (Å²) in [4.78, 5) is 2.63. The second kappa shape index (κ2) is 7.17. The van der Waals surface area contributed by atoms with Crippen molar-refractivity contribution in [1.82, 2.24) is 10.2 Å². The average Bonchev–Trinajstić information content (AvgIpc) is 3.38. The number of piperazine rings is 1. The zero-order valence-electron chi connectivity index (χ0n) is 15.9. The number of hydrogen-bond donors (Lipinski definition) is 2. The number of fused-ring (bicyclic) bond motifs is 2. The highest BCUT2D eigenvalue weighted by Gasteiger charge is 2.54. The Morgan fingerprint density at radius 2 is 1.25 bits per heavy atom. The Morgan fingerprint density at radius 3 is 1.64 bits per heavy atom. The third-order valence-electron chi connectivity index (χ3n) is 6.46.